The van der Waals surface area contributed by atoms with E-state index in [9.17, 15) is 0 Å². The van der Waals surface area contributed by atoms with Gasteiger partial charge in [-0.15, -0.1) is 0 Å². The summed E-state index contributed by atoms with van der Waals surface area (Å²) >= 11 is 0. The van der Waals surface area contributed by atoms with Crippen molar-refractivity contribution in [3.8, 4) is 0 Å². The molecule has 1 saturated heterocycles. The van der Waals surface area contributed by atoms with Gasteiger partial charge in [0, 0.05) is 25.2 Å². The van der Waals surface area contributed by atoms with E-state index < -0.39 is 0 Å². The molecule has 2 aliphatic rings. The topological polar surface area (TPSA) is 24.5 Å². The molecule has 0 radical (unpaired) electrons. The maximum atomic E-state index is 5.96. The molecule has 1 N–H and O–H groups in total. The van der Waals surface area contributed by atoms with Crippen molar-refractivity contribution in [3.63, 3.8) is 0 Å². The van der Waals surface area contributed by atoms with E-state index in [4.69, 9.17) is 4.74 Å². The van der Waals surface area contributed by atoms with Crippen LogP contribution in [0, 0.1) is 0 Å². The fourth-order valence-electron chi connectivity index (χ4n) is 3.53. The van der Waals surface area contributed by atoms with E-state index in [0.29, 0.717) is 18.2 Å². The monoisotopic (exact) mass is 240 g/mol. The first kappa shape index (κ1) is 13.3. The third-order valence-corrected chi connectivity index (χ3v) is 4.31. The lowest BCUT2D eigenvalue weighted by Crippen LogP contribution is -2.58. The van der Waals surface area contributed by atoms with Crippen LogP contribution in [0.3, 0.4) is 0 Å². The second-order valence-corrected chi connectivity index (χ2v) is 5.50. The fraction of sp³-hybridized carbons (Fsp3) is 1.00. The predicted octanol–water partition coefficient (Wildman–Crippen LogP) is 2.02. The van der Waals surface area contributed by atoms with E-state index in [-0.39, 0.29) is 0 Å². The Morgan fingerprint density at radius 3 is 2.94 bits per heavy atom. The number of rotatable bonds is 5. The number of morpholine rings is 1. The number of ether oxygens (including phenoxy) is 1. The smallest absolute Gasteiger partial charge is 0.0731 e. The Hall–Kier alpha value is -0.120. The Morgan fingerprint density at radius 1 is 1.35 bits per heavy atom. The molecule has 2 fully saturated rings. The molecule has 1 saturated carbocycles. The number of fused-ring (bicyclic) bond motifs is 1. The van der Waals surface area contributed by atoms with Crippen LogP contribution in [0.5, 0.6) is 0 Å². The summed E-state index contributed by atoms with van der Waals surface area (Å²) in [7, 11) is 2.07. The number of hydrogen-bond donors (Lipinski definition) is 1. The second kappa shape index (κ2) is 6.72. The molecular weight excluding hydrogens is 212 g/mol. The zero-order valence-electron chi connectivity index (χ0n) is 11.5. The summed E-state index contributed by atoms with van der Waals surface area (Å²) in [5.74, 6) is 0. The van der Waals surface area contributed by atoms with Crippen molar-refractivity contribution in [1.29, 1.82) is 0 Å². The molecule has 1 aliphatic heterocycles. The summed E-state index contributed by atoms with van der Waals surface area (Å²) in [6, 6.07) is 1.40. The van der Waals surface area contributed by atoms with Crippen molar-refractivity contribution in [1.82, 2.24) is 10.2 Å². The van der Waals surface area contributed by atoms with Crippen molar-refractivity contribution in [2.75, 3.05) is 26.7 Å². The molecule has 1 aliphatic carbocycles. The lowest BCUT2D eigenvalue weighted by atomic mass is 9.88. The minimum atomic E-state index is 0.522. The molecule has 0 aromatic heterocycles. The SMILES string of the molecule is CCCC(CNC)N1CCOC2CCCCC21. The Balaban J connectivity index is 1.99. The number of nitrogens with one attached hydrogen (secondary N) is 1. The van der Waals surface area contributed by atoms with Gasteiger partial charge in [-0.3, -0.25) is 4.90 Å². The maximum Gasteiger partial charge on any atom is 0.0731 e. The van der Waals surface area contributed by atoms with Crippen LogP contribution in [-0.2, 0) is 4.74 Å². The Labute approximate surface area is 106 Å². The van der Waals surface area contributed by atoms with Crippen LogP contribution in [0.1, 0.15) is 45.4 Å². The highest BCUT2D eigenvalue weighted by atomic mass is 16.5. The van der Waals surface area contributed by atoms with Crippen LogP contribution in [0.15, 0.2) is 0 Å². The largest absolute Gasteiger partial charge is 0.375 e. The van der Waals surface area contributed by atoms with Crippen molar-refractivity contribution < 1.29 is 4.74 Å². The summed E-state index contributed by atoms with van der Waals surface area (Å²) in [5, 5.41) is 3.36. The molecule has 3 nitrogen and oxygen atoms in total. The minimum absolute atomic E-state index is 0.522. The molecule has 3 atom stereocenters. The summed E-state index contributed by atoms with van der Waals surface area (Å²) in [6.07, 6.45) is 8.48. The van der Waals surface area contributed by atoms with Gasteiger partial charge in [0.25, 0.3) is 0 Å². The molecular formula is C14H28N2O. The molecule has 0 aromatic rings. The van der Waals surface area contributed by atoms with Crippen molar-refractivity contribution in [3.05, 3.63) is 0 Å². The average Bonchev–Trinajstić information content (AvgIpc) is 2.38. The van der Waals surface area contributed by atoms with Gasteiger partial charge in [0.2, 0.25) is 0 Å². The molecule has 2 rings (SSSR count). The van der Waals surface area contributed by atoms with E-state index in [0.717, 1.165) is 19.7 Å². The van der Waals surface area contributed by atoms with Crippen molar-refractivity contribution in [2.45, 2.75) is 63.6 Å². The number of likely N-dealkylation sites (N-methyl/N-ethyl adjacent to an activating group) is 1. The Bertz CT molecular complexity index is 214. The lowest BCUT2D eigenvalue weighted by Gasteiger charge is -2.47. The first-order valence-electron chi connectivity index (χ1n) is 7.38. The predicted molar refractivity (Wildman–Crippen MR) is 71.3 cm³/mol. The zero-order chi connectivity index (χ0) is 12.1. The molecule has 0 bridgehead atoms. The Morgan fingerprint density at radius 2 is 2.18 bits per heavy atom. The van der Waals surface area contributed by atoms with Gasteiger partial charge in [-0.05, 0) is 26.3 Å². The second-order valence-electron chi connectivity index (χ2n) is 5.50. The van der Waals surface area contributed by atoms with Gasteiger partial charge in [-0.25, -0.2) is 0 Å². The van der Waals surface area contributed by atoms with E-state index in [2.05, 4.69) is 24.2 Å². The summed E-state index contributed by atoms with van der Waals surface area (Å²) in [6.45, 7) is 5.48. The maximum absolute atomic E-state index is 5.96. The van der Waals surface area contributed by atoms with Crippen LogP contribution in [0.2, 0.25) is 0 Å². The van der Waals surface area contributed by atoms with Gasteiger partial charge in [0.15, 0.2) is 0 Å². The third-order valence-electron chi connectivity index (χ3n) is 4.31. The van der Waals surface area contributed by atoms with Crippen LogP contribution < -0.4 is 5.32 Å². The minimum Gasteiger partial charge on any atom is -0.375 e. The molecule has 0 amide bonds. The standard InChI is InChI=1S/C14H28N2O/c1-3-6-12(11-15-2)16-9-10-17-14-8-5-4-7-13(14)16/h12-15H,3-11H2,1-2H3. The van der Waals surface area contributed by atoms with E-state index in [1.165, 1.54) is 38.5 Å². The van der Waals surface area contributed by atoms with Crippen LogP contribution in [0.25, 0.3) is 0 Å². The lowest BCUT2D eigenvalue weighted by molar-refractivity contribution is -0.103. The molecule has 0 aromatic carbocycles. The zero-order valence-corrected chi connectivity index (χ0v) is 11.5. The van der Waals surface area contributed by atoms with Gasteiger partial charge in [0.1, 0.15) is 0 Å². The number of hydrogen-bond acceptors (Lipinski definition) is 3. The normalized spacial score (nSPS) is 32.1. The molecule has 3 unspecified atom stereocenters. The van der Waals surface area contributed by atoms with Crippen LogP contribution >= 0.6 is 0 Å². The first-order chi connectivity index (χ1) is 8.36. The van der Waals surface area contributed by atoms with Gasteiger partial charge in [-0.1, -0.05) is 26.2 Å². The molecule has 1 heterocycles. The summed E-state index contributed by atoms with van der Waals surface area (Å²) in [5.41, 5.74) is 0. The number of nitrogens with zero attached hydrogens (tertiary/aromatic N) is 1. The molecule has 100 valence electrons. The highest BCUT2D eigenvalue weighted by molar-refractivity contribution is 4.91. The van der Waals surface area contributed by atoms with Crippen molar-refractivity contribution in [2.24, 2.45) is 0 Å². The van der Waals surface area contributed by atoms with E-state index >= 15 is 0 Å². The van der Waals surface area contributed by atoms with E-state index in [1.54, 1.807) is 0 Å². The first-order valence-corrected chi connectivity index (χ1v) is 7.38. The van der Waals surface area contributed by atoms with Crippen LogP contribution in [0.4, 0.5) is 0 Å². The van der Waals surface area contributed by atoms with E-state index in [1.807, 2.05) is 0 Å². The van der Waals surface area contributed by atoms with Crippen molar-refractivity contribution >= 4 is 0 Å². The quantitative estimate of drug-likeness (QED) is 0.795. The summed E-state index contributed by atoms with van der Waals surface area (Å²) in [4.78, 5) is 2.74. The fourth-order valence-corrected chi connectivity index (χ4v) is 3.53. The average molecular weight is 240 g/mol. The van der Waals surface area contributed by atoms with Gasteiger partial charge < -0.3 is 10.1 Å². The highest BCUT2D eigenvalue weighted by Gasteiger charge is 2.36. The molecule has 17 heavy (non-hydrogen) atoms. The summed E-state index contributed by atoms with van der Waals surface area (Å²) < 4.78 is 5.96. The van der Waals surface area contributed by atoms with Gasteiger partial charge >= 0.3 is 0 Å². The third kappa shape index (κ3) is 3.21. The van der Waals surface area contributed by atoms with Gasteiger partial charge in [0.05, 0.1) is 12.7 Å². The molecule has 0 spiro atoms. The van der Waals surface area contributed by atoms with Gasteiger partial charge in [-0.2, -0.15) is 0 Å². The molecule has 3 heteroatoms. The highest BCUT2D eigenvalue weighted by Crippen LogP contribution is 2.30. The van der Waals surface area contributed by atoms with Crippen LogP contribution in [-0.4, -0.2) is 49.8 Å². The Kier molecular flexibility index (Phi) is 5.26.